The second-order valence-electron chi connectivity index (χ2n) is 3.68. The summed E-state index contributed by atoms with van der Waals surface area (Å²) in [4.78, 5) is 17.2. The Bertz CT molecular complexity index is 768. The molecule has 5 nitrogen and oxygen atoms in total. The molecular formula is C12H9N3O2S. The highest BCUT2D eigenvalue weighted by molar-refractivity contribution is 7.16. The third-order valence-electron chi connectivity index (χ3n) is 2.48. The van der Waals surface area contributed by atoms with Crippen LogP contribution < -0.4 is 5.56 Å². The van der Waals surface area contributed by atoms with Crippen LogP contribution in [0, 0.1) is 6.92 Å². The smallest absolute Gasteiger partial charge is 0.282 e. The summed E-state index contributed by atoms with van der Waals surface area (Å²) in [5.41, 5.74) is -0.165. The maximum Gasteiger partial charge on any atom is 0.282 e. The van der Waals surface area contributed by atoms with Crippen LogP contribution in [-0.4, -0.2) is 15.9 Å². The van der Waals surface area contributed by atoms with Gasteiger partial charge in [-0.25, -0.2) is 4.98 Å². The van der Waals surface area contributed by atoms with Crippen LogP contribution in [0.1, 0.15) is 11.6 Å². The number of furan rings is 1. The minimum atomic E-state index is -0.165. The minimum absolute atomic E-state index is 0.165. The number of hydrogen-bond donors (Lipinski definition) is 0. The molecule has 0 saturated heterocycles. The molecule has 3 aromatic rings. The second-order valence-corrected chi connectivity index (χ2v) is 4.57. The Morgan fingerprint density at radius 1 is 1.50 bits per heavy atom. The van der Waals surface area contributed by atoms with Gasteiger partial charge in [0.25, 0.3) is 5.56 Å². The molecule has 0 radical (unpaired) electrons. The first-order chi connectivity index (χ1) is 8.75. The Labute approximate surface area is 106 Å². The van der Waals surface area contributed by atoms with Gasteiger partial charge in [0.1, 0.15) is 16.4 Å². The van der Waals surface area contributed by atoms with E-state index >= 15 is 0 Å². The normalized spacial score (nSPS) is 11.6. The van der Waals surface area contributed by atoms with Crippen LogP contribution in [0.25, 0.3) is 10.2 Å². The molecule has 6 heteroatoms. The lowest BCUT2D eigenvalue weighted by Crippen LogP contribution is -2.19. The standard InChI is InChI=1S/C12H9N3O2S/c1-8-14-11-10(4-6-18-11)12(16)15(8)13-7-9-3-2-5-17-9/h2-7H,1H3/b13-7-. The monoisotopic (exact) mass is 259 g/mol. The van der Waals surface area contributed by atoms with E-state index in [2.05, 4.69) is 10.1 Å². The predicted octanol–water partition coefficient (Wildman–Crippen LogP) is 2.24. The maximum atomic E-state index is 12.2. The lowest BCUT2D eigenvalue weighted by Gasteiger charge is -2.01. The zero-order valence-corrected chi connectivity index (χ0v) is 10.3. The Kier molecular flexibility index (Phi) is 2.56. The van der Waals surface area contributed by atoms with Gasteiger partial charge < -0.3 is 4.42 Å². The zero-order chi connectivity index (χ0) is 12.5. The van der Waals surface area contributed by atoms with Gasteiger partial charge in [-0.05, 0) is 30.5 Å². The van der Waals surface area contributed by atoms with Crippen LogP contribution in [0.5, 0.6) is 0 Å². The summed E-state index contributed by atoms with van der Waals surface area (Å²) in [5, 5.41) is 6.54. The van der Waals surface area contributed by atoms with E-state index in [4.69, 9.17) is 4.42 Å². The highest BCUT2D eigenvalue weighted by Gasteiger charge is 2.07. The molecule has 0 atom stereocenters. The molecule has 3 rings (SSSR count). The van der Waals surface area contributed by atoms with Crippen molar-refractivity contribution in [3.05, 3.63) is 51.8 Å². The zero-order valence-electron chi connectivity index (χ0n) is 9.53. The van der Waals surface area contributed by atoms with Crippen molar-refractivity contribution in [3.63, 3.8) is 0 Å². The SMILES string of the molecule is Cc1nc2sccc2c(=O)n1/N=C\c1ccco1. The number of hydrogen-bond acceptors (Lipinski definition) is 5. The van der Waals surface area contributed by atoms with Crippen molar-refractivity contribution in [3.8, 4) is 0 Å². The van der Waals surface area contributed by atoms with E-state index in [1.54, 1.807) is 31.4 Å². The van der Waals surface area contributed by atoms with Crippen LogP contribution in [0.15, 0.2) is 44.2 Å². The number of aromatic nitrogens is 2. The molecule has 90 valence electrons. The molecule has 18 heavy (non-hydrogen) atoms. The van der Waals surface area contributed by atoms with Crippen molar-refractivity contribution < 1.29 is 4.42 Å². The molecule has 0 unspecified atom stereocenters. The average molecular weight is 259 g/mol. The molecule has 0 spiro atoms. The topological polar surface area (TPSA) is 60.4 Å². The Hall–Kier alpha value is -2.21. The van der Waals surface area contributed by atoms with Crippen LogP contribution in [0.2, 0.25) is 0 Å². The first-order valence-corrected chi connectivity index (χ1v) is 6.18. The number of fused-ring (bicyclic) bond motifs is 1. The molecular weight excluding hydrogens is 250 g/mol. The second kappa shape index (κ2) is 4.23. The van der Waals surface area contributed by atoms with E-state index in [1.807, 2.05) is 5.38 Å². The summed E-state index contributed by atoms with van der Waals surface area (Å²) >= 11 is 1.45. The lowest BCUT2D eigenvalue weighted by atomic mass is 10.4. The Morgan fingerprint density at radius 2 is 2.39 bits per heavy atom. The molecule has 0 saturated carbocycles. The van der Waals surface area contributed by atoms with E-state index < -0.39 is 0 Å². The van der Waals surface area contributed by atoms with Gasteiger partial charge in [0.05, 0.1) is 17.9 Å². The van der Waals surface area contributed by atoms with Crippen molar-refractivity contribution in [1.29, 1.82) is 0 Å². The molecule has 3 heterocycles. The number of rotatable bonds is 2. The third-order valence-corrected chi connectivity index (χ3v) is 3.29. The number of aryl methyl sites for hydroxylation is 1. The molecule has 0 fully saturated rings. The minimum Gasteiger partial charge on any atom is -0.463 e. The Balaban J connectivity index is 2.14. The van der Waals surface area contributed by atoms with Gasteiger partial charge in [-0.1, -0.05) is 0 Å². The van der Waals surface area contributed by atoms with Crippen LogP contribution >= 0.6 is 11.3 Å². The van der Waals surface area contributed by atoms with Gasteiger partial charge in [0.2, 0.25) is 0 Å². The highest BCUT2D eigenvalue weighted by Crippen LogP contribution is 2.14. The molecule has 0 aliphatic heterocycles. The van der Waals surface area contributed by atoms with Crippen molar-refractivity contribution in [2.75, 3.05) is 0 Å². The predicted molar refractivity (Wildman–Crippen MR) is 70.3 cm³/mol. The summed E-state index contributed by atoms with van der Waals surface area (Å²) in [6.45, 7) is 1.75. The molecule has 0 bridgehead atoms. The van der Waals surface area contributed by atoms with E-state index in [0.29, 0.717) is 17.0 Å². The van der Waals surface area contributed by atoms with Crippen LogP contribution in [-0.2, 0) is 0 Å². The van der Waals surface area contributed by atoms with E-state index in [9.17, 15) is 4.79 Å². The fourth-order valence-corrected chi connectivity index (χ4v) is 2.42. The van der Waals surface area contributed by atoms with Gasteiger partial charge >= 0.3 is 0 Å². The molecule has 3 aromatic heterocycles. The summed E-state index contributed by atoms with van der Waals surface area (Å²) in [6.07, 6.45) is 3.05. The van der Waals surface area contributed by atoms with Crippen molar-refractivity contribution >= 4 is 27.8 Å². The summed E-state index contributed by atoms with van der Waals surface area (Å²) in [7, 11) is 0. The largest absolute Gasteiger partial charge is 0.463 e. The highest BCUT2D eigenvalue weighted by atomic mass is 32.1. The molecule has 0 aliphatic rings. The Morgan fingerprint density at radius 3 is 3.17 bits per heavy atom. The average Bonchev–Trinajstić information content (AvgIpc) is 2.98. The molecule has 0 N–H and O–H groups in total. The fourth-order valence-electron chi connectivity index (χ4n) is 1.62. The van der Waals surface area contributed by atoms with Crippen LogP contribution in [0.3, 0.4) is 0 Å². The van der Waals surface area contributed by atoms with Crippen molar-refractivity contribution in [1.82, 2.24) is 9.66 Å². The van der Waals surface area contributed by atoms with Crippen LogP contribution in [0.4, 0.5) is 0 Å². The van der Waals surface area contributed by atoms with Gasteiger partial charge in [-0.15, -0.1) is 11.3 Å². The number of thiophene rings is 1. The first kappa shape index (κ1) is 10.9. The quantitative estimate of drug-likeness (QED) is 0.663. The summed E-state index contributed by atoms with van der Waals surface area (Å²) < 4.78 is 6.40. The third kappa shape index (κ3) is 1.76. The van der Waals surface area contributed by atoms with Gasteiger partial charge in [0.15, 0.2) is 0 Å². The van der Waals surface area contributed by atoms with E-state index in [0.717, 1.165) is 4.83 Å². The molecule has 0 aromatic carbocycles. The molecule has 0 amide bonds. The van der Waals surface area contributed by atoms with Crippen molar-refractivity contribution in [2.24, 2.45) is 5.10 Å². The fraction of sp³-hybridized carbons (Fsp3) is 0.0833. The van der Waals surface area contributed by atoms with Gasteiger partial charge in [-0.3, -0.25) is 4.79 Å². The number of nitrogens with zero attached hydrogens (tertiary/aromatic N) is 3. The van der Waals surface area contributed by atoms with E-state index in [-0.39, 0.29) is 5.56 Å². The summed E-state index contributed by atoms with van der Waals surface area (Å²) in [6, 6.07) is 5.28. The first-order valence-electron chi connectivity index (χ1n) is 5.30. The lowest BCUT2D eigenvalue weighted by molar-refractivity contribution is 0.559. The molecule has 0 aliphatic carbocycles. The van der Waals surface area contributed by atoms with E-state index in [1.165, 1.54) is 22.2 Å². The maximum absolute atomic E-state index is 12.2. The van der Waals surface area contributed by atoms with Gasteiger partial charge in [-0.2, -0.15) is 9.78 Å². The van der Waals surface area contributed by atoms with Crippen molar-refractivity contribution in [2.45, 2.75) is 6.92 Å². The van der Waals surface area contributed by atoms with Gasteiger partial charge in [0, 0.05) is 0 Å². The summed E-state index contributed by atoms with van der Waals surface area (Å²) in [5.74, 6) is 1.14.